The summed E-state index contributed by atoms with van der Waals surface area (Å²) in [4.78, 5) is 0. The van der Waals surface area contributed by atoms with Crippen LogP contribution in [0.1, 0.15) is 43.2 Å². The average molecular weight is 477 g/mol. The number of nitrogens with zero attached hydrogens (tertiary/aromatic N) is 1. The number of benzene rings is 3. The second-order valence-corrected chi connectivity index (χ2v) is 8.71. The van der Waals surface area contributed by atoms with Crippen molar-refractivity contribution in [3.8, 4) is 5.75 Å². The molecule has 0 aromatic heterocycles. The fourth-order valence-electron chi connectivity index (χ4n) is 4.85. The Morgan fingerprint density at radius 3 is 2.20 bits per heavy atom. The maximum absolute atomic E-state index is 6.47. The number of hydrogen-bond acceptors (Lipinski definition) is 1. The Morgan fingerprint density at radius 2 is 1.43 bits per heavy atom. The molecule has 4 rings (SSSR count). The fourth-order valence-corrected chi connectivity index (χ4v) is 4.85. The van der Waals surface area contributed by atoms with E-state index in [4.69, 9.17) is 4.74 Å². The molecule has 0 unspecified atom stereocenters. The summed E-state index contributed by atoms with van der Waals surface area (Å²) in [7, 11) is 0. The first-order valence-electron chi connectivity index (χ1n) is 11.3. The van der Waals surface area contributed by atoms with Crippen molar-refractivity contribution >= 4 is 10.8 Å². The first-order chi connectivity index (χ1) is 14.3. The molecule has 3 heteroatoms. The third-order valence-electron chi connectivity index (χ3n) is 6.51. The standard InChI is InChI=1S/C27H34NO.Y/c1-23-16-17-25-14-8-9-15-26(25)27(23)29-21-20-28(18-10-3-2-4-11-19-28)22-24-12-6-5-7-13-24;/h5-9,12-17H,2-4,10-11,18-22H2,1H3;/q+1;. The van der Waals surface area contributed by atoms with Crippen molar-refractivity contribution in [2.24, 2.45) is 0 Å². The first-order valence-corrected chi connectivity index (χ1v) is 11.3. The zero-order valence-corrected chi connectivity index (χ0v) is 21.2. The van der Waals surface area contributed by atoms with E-state index < -0.39 is 0 Å². The van der Waals surface area contributed by atoms with Gasteiger partial charge in [-0.3, -0.25) is 0 Å². The van der Waals surface area contributed by atoms with Crippen molar-refractivity contribution in [2.45, 2.75) is 45.6 Å². The quantitative estimate of drug-likeness (QED) is 0.368. The van der Waals surface area contributed by atoms with E-state index in [1.165, 1.54) is 67.1 Å². The predicted molar refractivity (Wildman–Crippen MR) is 122 cm³/mol. The fraction of sp³-hybridized carbons (Fsp3) is 0.407. The van der Waals surface area contributed by atoms with Gasteiger partial charge in [-0.05, 0) is 43.6 Å². The molecule has 0 saturated carbocycles. The molecule has 1 radical (unpaired) electrons. The molecular weight excluding hydrogens is 443 g/mol. The van der Waals surface area contributed by atoms with E-state index in [9.17, 15) is 0 Å². The Kier molecular flexibility index (Phi) is 8.92. The van der Waals surface area contributed by atoms with Crippen LogP contribution in [0.2, 0.25) is 0 Å². The Bertz CT molecular complexity index is 917. The van der Waals surface area contributed by atoms with Crippen molar-refractivity contribution in [1.29, 1.82) is 0 Å². The second kappa shape index (κ2) is 11.4. The molecule has 30 heavy (non-hydrogen) atoms. The van der Waals surface area contributed by atoms with E-state index in [0.717, 1.165) is 29.9 Å². The van der Waals surface area contributed by atoms with Gasteiger partial charge in [-0.25, -0.2) is 0 Å². The van der Waals surface area contributed by atoms with E-state index in [-0.39, 0.29) is 32.7 Å². The Hall–Kier alpha value is -1.22. The van der Waals surface area contributed by atoms with Crippen LogP contribution >= 0.6 is 0 Å². The minimum Gasteiger partial charge on any atom is -0.487 e. The largest absolute Gasteiger partial charge is 0.487 e. The van der Waals surface area contributed by atoms with Crippen LogP contribution in [0.4, 0.5) is 0 Å². The molecule has 0 amide bonds. The average Bonchev–Trinajstić information content (AvgIpc) is 2.73. The van der Waals surface area contributed by atoms with Crippen molar-refractivity contribution in [3.63, 3.8) is 0 Å². The second-order valence-electron chi connectivity index (χ2n) is 8.71. The molecule has 0 bridgehead atoms. The van der Waals surface area contributed by atoms with Gasteiger partial charge in [0.2, 0.25) is 0 Å². The van der Waals surface area contributed by atoms with E-state index in [1.54, 1.807) is 0 Å². The molecule has 1 aliphatic heterocycles. The van der Waals surface area contributed by atoms with E-state index in [0.29, 0.717) is 0 Å². The smallest absolute Gasteiger partial charge is 0.137 e. The van der Waals surface area contributed by atoms with Gasteiger partial charge in [0.05, 0.1) is 13.1 Å². The van der Waals surface area contributed by atoms with Gasteiger partial charge in [0.1, 0.15) is 25.4 Å². The summed E-state index contributed by atoms with van der Waals surface area (Å²) < 4.78 is 7.63. The number of quaternary nitrogens is 1. The number of hydrogen-bond donors (Lipinski definition) is 0. The molecular formula is C27H34NOY+. The first kappa shape index (κ1) is 23.4. The zero-order chi connectivity index (χ0) is 19.9. The van der Waals surface area contributed by atoms with E-state index in [2.05, 4.69) is 73.7 Å². The van der Waals surface area contributed by atoms with Crippen molar-refractivity contribution in [2.75, 3.05) is 26.2 Å². The minimum atomic E-state index is 0. The predicted octanol–water partition coefficient (Wildman–Crippen LogP) is 6.51. The van der Waals surface area contributed by atoms with Gasteiger partial charge in [-0.1, -0.05) is 73.2 Å². The van der Waals surface area contributed by atoms with Crippen LogP contribution in [0.15, 0.2) is 66.7 Å². The molecule has 0 atom stereocenters. The van der Waals surface area contributed by atoms with Crippen LogP contribution < -0.4 is 4.74 Å². The molecule has 3 aromatic carbocycles. The van der Waals surface area contributed by atoms with Crippen LogP contribution in [0.5, 0.6) is 5.75 Å². The zero-order valence-electron chi connectivity index (χ0n) is 18.4. The summed E-state index contributed by atoms with van der Waals surface area (Å²) in [5, 5.41) is 2.49. The van der Waals surface area contributed by atoms with Crippen LogP contribution in [-0.2, 0) is 39.3 Å². The van der Waals surface area contributed by atoms with Gasteiger partial charge >= 0.3 is 0 Å². The van der Waals surface area contributed by atoms with Crippen LogP contribution in [0.25, 0.3) is 10.8 Å². The summed E-state index contributed by atoms with van der Waals surface area (Å²) in [6, 6.07) is 24.0. The third kappa shape index (κ3) is 5.93. The van der Waals surface area contributed by atoms with E-state index in [1.807, 2.05) is 0 Å². The molecule has 1 saturated heterocycles. The number of ether oxygens (including phenoxy) is 1. The molecule has 2 nitrogen and oxygen atoms in total. The Morgan fingerprint density at radius 1 is 0.767 bits per heavy atom. The summed E-state index contributed by atoms with van der Waals surface area (Å²) in [5.41, 5.74) is 2.68. The summed E-state index contributed by atoms with van der Waals surface area (Å²) >= 11 is 0. The summed E-state index contributed by atoms with van der Waals surface area (Å²) in [6.45, 7) is 7.68. The van der Waals surface area contributed by atoms with Crippen LogP contribution in [0, 0.1) is 6.92 Å². The van der Waals surface area contributed by atoms with E-state index >= 15 is 0 Å². The van der Waals surface area contributed by atoms with Gasteiger partial charge in [0.15, 0.2) is 0 Å². The van der Waals surface area contributed by atoms with Gasteiger partial charge in [0, 0.05) is 43.7 Å². The van der Waals surface area contributed by atoms with Crippen LogP contribution in [0.3, 0.4) is 0 Å². The number of likely N-dealkylation sites (tertiary alicyclic amines) is 1. The molecule has 0 aliphatic carbocycles. The number of rotatable bonds is 6. The van der Waals surface area contributed by atoms with Crippen LogP contribution in [-0.4, -0.2) is 30.7 Å². The Balaban J connectivity index is 0.00000256. The Labute approximate surface area is 207 Å². The SMILES string of the molecule is Cc1ccc2ccccc2c1OCC[N+]1(Cc2ccccc2)CCCCCCC1.[Y]. The van der Waals surface area contributed by atoms with Crippen molar-refractivity contribution in [3.05, 3.63) is 77.9 Å². The number of aryl methyl sites for hydroxylation is 1. The molecule has 1 aliphatic rings. The maximum Gasteiger partial charge on any atom is 0.137 e. The summed E-state index contributed by atoms with van der Waals surface area (Å²) in [5.74, 6) is 1.06. The monoisotopic (exact) mass is 477 g/mol. The molecule has 0 N–H and O–H groups in total. The topological polar surface area (TPSA) is 9.23 Å². The van der Waals surface area contributed by atoms with Gasteiger partial charge in [0.25, 0.3) is 0 Å². The third-order valence-corrected chi connectivity index (χ3v) is 6.51. The molecule has 1 fully saturated rings. The molecule has 0 spiro atoms. The van der Waals surface area contributed by atoms with Gasteiger partial charge in [-0.15, -0.1) is 0 Å². The van der Waals surface area contributed by atoms with Gasteiger partial charge in [-0.2, -0.15) is 0 Å². The van der Waals surface area contributed by atoms with Crippen molar-refractivity contribution in [1.82, 2.24) is 0 Å². The normalized spacial score (nSPS) is 16.3. The van der Waals surface area contributed by atoms with Crippen molar-refractivity contribution < 1.29 is 41.9 Å². The maximum atomic E-state index is 6.47. The van der Waals surface area contributed by atoms with Gasteiger partial charge < -0.3 is 9.22 Å². The minimum absolute atomic E-state index is 0. The summed E-state index contributed by atoms with van der Waals surface area (Å²) in [6.07, 6.45) is 6.81. The molecule has 1 heterocycles. The molecule has 3 aromatic rings. The number of fused-ring (bicyclic) bond motifs is 1. The molecule has 155 valence electrons.